The van der Waals surface area contributed by atoms with Gasteiger partial charge in [0.1, 0.15) is 5.75 Å². The predicted octanol–water partition coefficient (Wildman–Crippen LogP) is 4.41. The molecule has 2 aromatic carbocycles. The van der Waals surface area contributed by atoms with Gasteiger partial charge < -0.3 is 10.1 Å². The quantitative estimate of drug-likeness (QED) is 0.802. The van der Waals surface area contributed by atoms with Crippen LogP contribution in [0.2, 0.25) is 0 Å². The molecule has 22 heavy (non-hydrogen) atoms. The molecule has 3 nitrogen and oxygen atoms in total. The van der Waals surface area contributed by atoms with E-state index in [0.717, 1.165) is 11.4 Å². The van der Waals surface area contributed by atoms with Gasteiger partial charge in [0.25, 0.3) is 0 Å². The lowest BCUT2D eigenvalue weighted by atomic mass is 10.1. The van der Waals surface area contributed by atoms with Crippen LogP contribution in [-0.4, -0.2) is 12.5 Å². The minimum atomic E-state index is 0.0242. The lowest BCUT2D eigenvalue weighted by Crippen LogP contribution is -2.13. The molecule has 116 valence electrons. The third-order valence-electron chi connectivity index (χ3n) is 3.60. The number of benzene rings is 2. The lowest BCUT2D eigenvalue weighted by Gasteiger charge is -2.09. The Bertz CT molecular complexity index is 650. The molecular weight excluding hydrogens is 274 g/mol. The van der Waals surface area contributed by atoms with E-state index < -0.39 is 0 Å². The zero-order valence-corrected chi connectivity index (χ0v) is 13.5. The standard InChI is InChI=1S/C19H23NO2/c1-14-6-4-7-18(12-14)22-11-5-8-19(21)20-17-10-9-15(2)16(3)13-17/h4,6-7,9-10,12-13H,5,8,11H2,1-3H3,(H,20,21). The highest BCUT2D eigenvalue weighted by molar-refractivity contribution is 5.90. The Hall–Kier alpha value is -2.29. The Morgan fingerprint density at radius 1 is 1.05 bits per heavy atom. The summed E-state index contributed by atoms with van der Waals surface area (Å²) < 4.78 is 5.64. The number of ether oxygens (including phenoxy) is 1. The summed E-state index contributed by atoms with van der Waals surface area (Å²) in [6.07, 6.45) is 1.16. The molecular formula is C19H23NO2. The molecule has 0 atom stereocenters. The van der Waals surface area contributed by atoms with E-state index in [1.165, 1.54) is 16.7 Å². The SMILES string of the molecule is Cc1cccc(OCCCC(=O)Nc2ccc(C)c(C)c2)c1. The van der Waals surface area contributed by atoms with Gasteiger partial charge in [0.15, 0.2) is 0 Å². The molecule has 1 amide bonds. The summed E-state index contributed by atoms with van der Waals surface area (Å²) in [7, 11) is 0. The summed E-state index contributed by atoms with van der Waals surface area (Å²) in [6.45, 7) is 6.68. The van der Waals surface area contributed by atoms with Crippen molar-refractivity contribution >= 4 is 11.6 Å². The van der Waals surface area contributed by atoms with Gasteiger partial charge in [-0.3, -0.25) is 4.79 Å². The molecule has 0 aromatic heterocycles. The Morgan fingerprint density at radius 2 is 1.86 bits per heavy atom. The van der Waals surface area contributed by atoms with Crippen molar-refractivity contribution in [3.8, 4) is 5.75 Å². The molecule has 0 saturated carbocycles. The van der Waals surface area contributed by atoms with E-state index in [9.17, 15) is 4.79 Å². The number of amides is 1. The van der Waals surface area contributed by atoms with Gasteiger partial charge in [0.05, 0.1) is 6.61 Å². The van der Waals surface area contributed by atoms with Gasteiger partial charge in [-0.2, -0.15) is 0 Å². The van der Waals surface area contributed by atoms with Crippen molar-refractivity contribution in [2.75, 3.05) is 11.9 Å². The van der Waals surface area contributed by atoms with E-state index in [4.69, 9.17) is 4.74 Å². The third-order valence-corrected chi connectivity index (χ3v) is 3.60. The number of hydrogen-bond donors (Lipinski definition) is 1. The fourth-order valence-electron chi connectivity index (χ4n) is 2.17. The monoisotopic (exact) mass is 297 g/mol. The molecule has 0 bridgehead atoms. The summed E-state index contributed by atoms with van der Waals surface area (Å²) >= 11 is 0. The lowest BCUT2D eigenvalue weighted by molar-refractivity contribution is -0.116. The van der Waals surface area contributed by atoms with Gasteiger partial charge in [-0.05, 0) is 68.1 Å². The van der Waals surface area contributed by atoms with Crippen molar-refractivity contribution in [1.29, 1.82) is 0 Å². The van der Waals surface area contributed by atoms with Crippen LogP contribution < -0.4 is 10.1 Å². The van der Waals surface area contributed by atoms with E-state index in [2.05, 4.69) is 12.2 Å². The first-order valence-electron chi connectivity index (χ1n) is 7.61. The van der Waals surface area contributed by atoms with Crippen LogP contribution in [0.25, 0.3) is 0 Å². The van der Waals surface area contributed by atoms with Crippen molar-refractivity contribution in [1.82, 2.24) is 0 Å². The summed E-state index contributed by atoms with van der Waals surface area (Å²) in [5.74, 6) is 0.880. The summed E-state index contributed by atoms with van der Waals surface area (Å²) in [5, 5.41) is 2.92. The second kappa shape index (κ2) is 7.64. The first-order chi connectivity index (χ1) is 10.5. The fraction of sp³-hybridized carbons (Fsp3) is 0.316. The maximum atomic E-state index is 11.9. The molecule has 2 aromatic rings. The van der Waals surface area contributed by atoms with E-state index in [-0.39, 0.29) is 5.91 Å². The first-order valence-corrected chi connectivity index (χ1v) is 7.61. The predicted molar refractivity (Wildman–Crippen MR) is 90.5 cm³/mol. The number of nitrogens with one attached hydrogen (secondary N) is 1. The van der Waals surface area contributed by atoms with Crippen molar-refractivity contribution < 1.29 is 9.53 Å². The molecule has 2 rings (SSSR count). The van der Waals surface area contributed by atoms with Crippen LogP contribution in [0.5, 0.6) is 5.75 Å². The van der Waals surface area contributed by atoms with Crippen LogP contribution in [0.15, 0.2) is 42.5 Å². The zero-order chi connectivity index (χ0) is 15.9. The average molecular weight is 297 g/mol. The van der Waals surface area contributed by atoms with Gasteiger partial charge in [-0.25, -0.2) is 0 Å². The fourth-order valence-corrected chi connectivity index (χ4v) is 2.17. The van der Waals surface area contributed by atoms with Gasteiger partial charge >= 0.3 is 0 Å². The minimum Gasteiger partial charge on any atom is -0.494 e. The molecule has 3 heteroatoms. The highest BCUT2D eigenvalue weighted by atomic mass is 16.5. The van der Waals surface area contributed by atoms with Gasteiger partial charge in [0.2, 0.25) is 5.91 Å². The molecule has 0 aliphatic heterocycles. The minimum absolute atomic E-state index is 0.0242. The Morgan fingerprint density at radius 3 is 2.59 bits per heavy atom. The van der Waals surface area contributed by atoms with Crippen LogP contribution in [0.4, 0.5) is 5.69 Å². The highest BCUT2D eigenvalue weighted by Crippen LogP contribution is 2.15. The van der Waals surface area contributed by atoms with Crippen molar-refractivity contribution in [2.24, 2.45) is 0 Å². The Balaban J connectivity index is 1.72. The molecule has 1 N–H and O–H groups in total. The highest BCUT2D eigenvalue weighted by Gasteiger charge is 2.04. The van der Waals surface area contributed by atoms with Crippen LogP contribution in [0.1, 0.15) is 29.5 Å². The van der Waals surface area contributed by atoms with Crippen molar-refractivity contribution in [3.63, 3.8) is 0 Å². The second-order valence-electron chi connectivity index (χ2n) is 5.62. The van der Waals surface area contributed by atoms with Crippen molar-refractivity contribution in [2.45, 2.75) is 33.6 Å². The largest absolute Gasteiger partial charge is 0.494 e. The third kappa shape index (κ3) is 4.92. The van der Waals surface area contributed by atoms with Gasteiger partial charge in [-0.15, -0.1) is 0 Å². The number of hydrogen-bond acceptors (Lipinski definition) is 2. The molecule has 0 fully saturated rings. The molecule has 0 radical (unpaired) electrons. The van der Waals surface area contributed by atoms with Crippen LogP contribution in [0, 0.1) is 20.8 Å². The summed E-state index contributed by atoms with van der Waals surface area (Å²) in [5.41, 5.74) is 4.43. The van der Waals surface area contributed by atoms with Crippen molar-refractivity contribution in [3.05, 3.63) is 59.2 Å². The maximum Gasteiger partial charge on any atom is 0.224 e. The number of anilines is 1. The van der Waals surface area contributed by atoms with E-state index >= 15 is 0 Å². The molecule has 0 aliphatic rings. The topological polar surface area (TPSA) is 38.3 Å². The smallest absolute Gasteiger partial charge is 0.224 e. The first kappa shape index (κ1) is 16.1. The molecule has 0 heterocycles. The zero-order valence-electron chi connectivity index (χ0n) is 13.5. The Labute approximate surface area is 132 Å². The van der Waals surface area contributed by atoms with Gasteiger partial charge in [0, 0.05) is 12.1 Å². The summed E-state index contributed by atoms with van der Waals surface area (Å²) in [4.78, 5) is 11.9. The molecule has 0 unspecified atom stereocenters. The number of aryl methyl sites for hydroxylation is 3. The maximum absolute atomic E-state index is 11.9. The number of carbonyl (C=O) groups excluding carboxylic acids is 1. The van der Waals surface area contributed by atoms with E-state index in [0.29, 0.717) is 19.4 Å². The normalized spacial score (nSPS) is 10.3. The average Bonchev–Trinajstić information content (AvgIpc) is 2.48. The molecule has 0 aliphatic carbocycles. The summed E-state index contributed by atoms with van der Waals surface area (Å²) in [6, 6.07) is 13.9. The van der Waals surface area contributed by atoms with Crippen LogP contribution >= 0.6 is 0 Å². The van der Waals surface area contributed by atoms with E-state index in [1.807, 2.05) is 56.3 Å². The second-order valence-corrected chi connectivity index (χ2v) is 5.62. The number of rotatable bonds is 6. The van der Waals surface area contributed by atoms with Crippen LogP contribution in [0.3, 0.4) is 0 Å². The van der Waals surface area contributed by atoms with Gasteiger partial charge in [-0.1, -0.05) is 18.2 Å². The van der Waals surface area contributed by atoms with Crippen LogP contribution in [-0.2, 0) is 4.79 Å². The number of carbonyl (C=O) groups is 1. The van der Waals surface area contributed by atoms with E-state index in [1.54, 1.807) is 0 Å². The Kier molecular flexibility index (Phi) is 5.59. The molecule has 0 spiro atoms. The molecule has 0 saturated heterocycles.